The molecule has 2 rings (SSSR count). The van der Waals surface area contributed by atoms with E-state index in [2.05, 4.69) is 5.10 Å². The summed E-state index contributed by atoms with van der Waals surface area (Å²) in [6, 6.07) is 7.34. The molecule has 0 spiro atoms. The van der Waals surface area contributed by atoms with Crippen molar-refractivity contribution in [3.63, 3.8) is 0 Å². The summed E-state index contributed by atoms with van der Waals surface area (Å²) >= 11 is 5.05. The standard InChI is InChI=1S/C15H18N4OS/c1-4-12-11(9-18(2)17-12)15(20)19(3)13-8-6-5-7-10(13)14(16)21/h5-9H,4H2,1-3H3,(H2,16,21). The summed E-state index contributed by atoms with van der Waals surface area (Å²) in [5.74, 6) is -0.122. The first-order chi connectivity index (χ1) is 9.95. The van der Waals surface area contributed by atoms with Gasteiger partial charge in [-0.2, -0.15) is 5.10 Å². The van der Waals surface area contributed by atoms with Crippen molar-refractivity contribution < 1.29 is 4.79 Å². The number of aromatic nitrogens is 2. The third-order valence-corrected chi connectivity index (χ3v) is 3.53. The number of benzene rings is 1. The Morgan fingerprint density at radius 2 is 2.05 bits per heavy atom. The fourth-order valence-electron chi connectivity index (χ4n) is 2.24. The van der Waals surface area contributed by atoms with Crippen molar-refractivity contribution in [1.29, 1.82) is 0 Å². The van der Waals surface area contributed by atoms with E-state index in [1.807, 2.05) is 31.2 Å². The molecule has 21 heavy (non-hydrogen) atoms. The zero-order chi connectivity index (χ0) is 15.6. The quantitative estimate of drug-likeness (QED) is 0.876. The van der Waals surface area contributed by atoms with Gasteiger partial charge < -0.3 is 10.6 Å². The summed E-state index contributed by atoms with van der Waals surface area (Å²) < 4.78 is 1.65. The Bertz CT molecular complexity index is 693. The highest BCUT2D eigenvalue weighted by molar-refractivity contribution is 7.80. The molecule has 0 unspecified atom stereocenters. The van der Waals surface area contributed by atoms with E-state index in [-0.39, 0.29) is 10.9 Å². The van der Waals surface area contributed by atoms with Crippen molar-refractivity contribution >= 4 is 28.8 Å². The minimum absolute atomic E-state index is 0.122. The Labute approximate surface area is 129 Å². The molecule has 2 aromatic rings. The van der Waals surface area contributed by atoms with Crippen molar-refractivity contribution in [2.75, 3.05) is 11.9 Å². The number of hydrogen-bond acceptors (Lipinski definition) is 3. The van der Waals surface area contributed by atoms with E-state index in [0.29, 0.717) is 23.2 Å². The highest BCUT2D eigenvalue weighted by atomic mass is 32.1. The van der Waals surface area contributed by atoms with Crippen molar-refractivity contribution in [3.8, 4) is 0 Å². The van der Waals surface area contributed by atoms with Gasteiger partial charge in [0.2, 0.25) is 0 Å². The maximum Gasteiger partial charge on any atom is 0.261 e. The van der Waals surface area contributed by atoms with E-state index in [4.69, 9.17) is 18.0 Å². The molecule has 1 heterocycles. The van der Waals surface area contributed by atoms with Crippen LogP contribution < -0.4 is 10.6 Å². The zero-order valence-electron chi connectivity index (χ0n) is 12.3. The molecule has 1 aromatic carbocycles. The molecule has 0 aliphatic heterocycles. The molecule has 5 nitrogen and oxygen atoms in total. The molecule has 110 valence electrons. The number of nitrogens with zero attached hydrogens (tertiary/aromatic N) is 3. The SMILES string of the molecule is CCc1nn(C)cc1C(=O)N(C)c1ccccc1C(N)=S. The third-order valence-electron chi connectivity index (χ3n) is 3.31. The third kappa shape index (κ3) is 2.95. The van der Waals surface area contributed by atoms with Gasteiger partial charge >= 0.3 is 0 Å². The lowest BCUT2D eigenvalue weighted by Crippen LogP contribution is -2.29. The molecule has 0 aliphatic rings. The molecule has 1 amide bonds. The zero-order valence-corrected chi connectivity index (χ0v) is 13.1. The van der Waals surface area contributed by atoms with Crippen LogP contribution in [0.25, 0.3) is 0 Å². The second-order valence-electron chi connectivity index (χ2n) is 4.76. The van der Waals surface area contributed by atoms with Crippen molar-refractivity contribution in [2.45, 2.75) is 13.3 Å². The summed E-state index contributed by atoms with van der Waals surface area (Å²) in [7, 11) is 3.52. The van der Waals surface area contributed by atoms with Gasteiger partial charge in [-0.25, -0.2) is 0 Å². The molecule has 0 saturated heterocycles. The van der Waals surface area contributed by atoms with Crippen LogP contribution in [0.2, 0.25) is 0 Å². The van der Waals surface area contributed by atoms with Crippen molar-refractivity contribution in [3.05, 3.63) is 47.3 Å². The number of thiocarbonyl (C=S) groups is 1. The number of carbonyl (C=O) groups is 1. The van der Waals surface area contributed by atoms with Crippen LogP contribution in [0.15, 0.2) is 30.5 Å². The van der Waals surface area contributed by atoms with Crippen LogP contribution in [-0.4, -0.2) is 27.7 Å². The first kappa shape index (κ1) is 15.2. The van der Waals surface area contributed by atoms with E-state index >= 15 is 0 Å². The fraction of sp³-hybridized carbons (Fsp3) is 0.267. The van der Waals surface area contributed by atoms with Crippen LogP contribution in [0.5, 0.6) is 0 Å². The number of nitrogens with two attached hydrogens (primary N) is 1. The van der Waals surface area contributed by atoms with Gasteiger partial charge in [-0.1, -0.05) is 31.3 Å². The molecule has 2 N–H and O–H groups in total. The average Bonchev–Trinajstić information content (AvgIpc) is 2.86. The molecule has 0 saturated carbocycles. The summed E-state index contributed by atoms with van der Waals surface area (Å²) in [5, 5.41) is 4.30. The van der Waals surface area contributed by atoms with E-state index in [9.17, 15) is 4.79 Å². The van der Waals surface area contributed by atoms with Crippen molar-refractivity contribution in [2.24, 2.45) is 12.8 Å². The Morgan fingerprint density at radius 3 is 2.67 bits per heavy atom. The second-order valence-corrected chi connectivity index (χ2v) is 5.20. The summed E-state index contributed by atoms with van der Waals surface area (Å²) in [5.41, 5.74) is 8.49. The van der Waals surface area contributed by atoms with Gasteiger partial charge in [-0.15, -0.1) is 0 Å². The molecular formula is C15H18N4OS. The molecule has 6 heteroatoms. The molecule has 0 atom stereocenters. The van der Waals surface area contributed by atoms with Gasteiger partial charge in [-0.3, -0.25) is 9.48 Å². The number of rotatable bonds is 4. The minimum atomic E-state index is -0.122. The first-order valence-electron chi connectivity index (χ1n) is 6.65. The average molecular weight is 302 g/mol. The van der Waals surface area contributed by atoms with Crippen LogP contribution in [0, 0.1) is 0 Å². The molecule has 1 aromatic heterocycles. The molecule has 0 aliphatic carbocycles. The van der Waals surface area contributed by atoms with E-state index < -0.39 is 0 Å². The van der Waals surface area contributed by atoms with Gasteiger partial charge in [0.15, 0.2) is 0 Å². The molecular weight excluding hydrogens is 284 g/mol. The van der Waals surface area contributed by atoms with Crippen LogP contribution >= 0.6 is 12.2 Å². The topological polar surface area (TPSA) is 64.2 Å². The van der Waals surface area contributed by atoms with Crippen LogP contribution in [0.3, 0.4) is 0 Å². The maximum absolute atomic E-state index is 12.7. The number of aryl methyl sites for hydroxylation is 2. The first-order valence-corrected chi connectivity index (χ1v) is 7.06. The highest BCUT2D eigenvalue weighted by Gasteiger charge is 2.21. The Kier molecular flexibility index (Phi) is 4.37. The minimum Gasteiger partial charge on any atom is -0.389 e. The number of anilines is 1. The molecule has 0 fully saturated rings. The monoisotopic (exact) mass is 302 g/mol. The van der Waals surface area contributed by atoms with Gasteiger partial charge in [0.05, 0.1) is 16.9 Å². The predicted molar refractivity (Wildman–Crippen MR) is 87.6 cm³/mol. The Hall–Kier alpha value is -2.21. The van der Waals surface area contributed by atoms with Crippen molar-refractivity contribution in [1.82, 2.24) is 9.78 Å². The normalized spacial score (nSPS) is 10.4. The van der Waals surface area contributed by atoms with Crippen LogP contribution in [0.1, 0.15) is 28.5 Å². The Balaban J connectivity index is 2.42. The van der Waals surface area contributed by atoms with Crippen LogP contribution in [0.4, 0.5) is 5.69 Å². The van der Waals surface area contributed by atoms with Gasteiger partial charge in [0, 0.05) is 25.9 Å². The number of para-hydroxylation sites is 1. The maximum atomic E-state index is 12.7. The van der Waals surface area contributed by atoms with Crippen LogP contribution in [-0.2, 0) is 13.5 Å². The van der Waals surface area contributed by atoms with E-state index in [1.54, 1.807) is 29.9 Å². The summed E-state index contributed by atoms with van der Waals surface area (Å²) in [6.45, 7) is 1.97. The van der Waals surface area contributed by atoms with E-state index in [0.717, 1.165) is 5.69 Å². The number of carbonyl (C=O) groups excluding carboxylic acids is 1. The largest absolute Gasteiger partial charge is 0.389 e. The van der Waals surface area contributed by atoms with E-state index in [1.165, 1.54) is 0 Å². The molecule has 0 bridgehead atoms. The lowest BCUT2D eigenvalue weighted by Gasteiger charge is -2.20. The predicted octanol–water partition coefficient (Wildman–Crippen LogP) is 1.89. The summed E-state index contributed by atoms with van der Waals surface area (Å²) in [6.07, 6.45) is 2.44. The van der Waals surface area contributed by atoms with Gasteiger partial charge in [0.1, 0.15) is 4.99 Å². The summed E-state index contributed by atoms with van der Waals surface area (Å²) in [4.78, 5) is 14.5. The van der Waals surface area contributed by atoms with Gasteiger partial charge in [0.25, 0.3) is 5.91 Å². The fourth-order valence-corrected chi connectivity index (χ4v) is 2.41. The lowest BCUT2D eigenvalue weighted by molar-refractivity contribution is 0.0992. The lowest BCUT2D eigenvalue weighted by atomic mass is 10.1. The number of hydrogen-bond donors (Lipinski definition) is 1. The smallest absolute Gasteiger partial charge is 0.261 e. The highest BCUT2D eigenvalue weighted by Crippen LogP contribution is 2.22. The second kappa shape index (κ2) is 6.05. The van der Waals surface area contributed by atoms with Gasteiger partial charge in [-0.05, 0) is 18.6 Å². The Morgan fingerprint density at radius 1 is 1.38 bits per heavy atom. The number of amides is 1. The molecule has 0 radical (unpaired) electrons.